The van der Waals surface area contributed by atoms with Crippen LogP contribution in [0.25, 0.3) is 0 Å². The van der Waals surface area contributed by atoms with Gasteiger partial charge in [-0.15, -0.1) is 0 Å². The largest absolute Gasteiger partial charge is 0.197 e. The van der Waals surface area contributed by atoms with Crippen molar-refractivity contribution < 1.29 is 0 Å². The van der Waals surface area contributed by atoms with Gasteiger partial charge in [0, 0.05) is 0 Å². The molecule has 0 spiro atoms. The Hall–Kier alpha value is -0.430. The highest BCUT2D eigenvalue weighted by molar-refractivity contribution is 7.59. The first-order valence-corrected chi connectivity index (χ1v) is 4.37. The summed E-state index contributed by atoms with van der Waals surface area (Å²) < 4.78 is 0. The Balaban J connectivity index is 0.000000720. The van der Waals surface area contributed by atoms with Crippen molar-refractivity contribution in [1.82, 2.24) is 0 Å². The molecule has 0 bridgehead atoms. The first kappa shape index (κ1) is 9.66. The molecule has 66 valence electrons. The second-order valence-electron chi connectivity index (χ2n) is 3.75. The van der Waals surface area contributed by atoms with Crippen LogP contribution in [0, 0.1) is 5.92 Å². The lowest BCUT2D eigenvalue weighted by atomic mass is 9.72. The van der Waals surface area contributed by atoms with Gasteiger partial charge in [-0.2, -0.15) is 13.5 Å². The molecule has 1 atom stereocenters. The minimum absolute atomic E-state index is 0. The molecule has 0 fully saturated rings. The van der Waals surface area contributed by atoms with Crippen LogP contribution in [0.15, 0.2) is 24.3 Å². The summed E-state index contributed by atoms with van der Waals surface area (Å²) >= 11 is 0. The molecule has 0 nitrogen and oxygen atoms in total. The normalized spacial score (nSPS) is 19.4. The Kier molecular flexibility index (Phi) is 2.84. The van der Waals surface area contributed by atoms with E-state index in [2.05, 4.69) is 38.1 Å². The number of benzene rings is 1. The van der Waals surface area contributed by atoms with Crippen LogP contribution < -0.4 is 0 Å². The summed E-state index contributed by atoms with van der Waals surface area (Å²) in [6, 6.07) is 8.79. The standard InChI is InChI=1S/C11H14.H2S/c1-8(2)11-7-9-5-3-4-6-10(9)11;/h3-6,8,11H,7H2,1-2H3;1H2/t11-;/m1./s1. The quantitative estimate of drug-likeness (QED) is 0.623. The van der Waals surface area contributed by atoms with Gasteiger partial charge in [0.1, 0.15) is 0 Å². The van der Waals surface area contributed by atoms with E-state index >= 15 is 0 Å². The maximum Gasteiger partial charge on any atom is -0.00956 e. The molecule has 1 aromatic carbocycles. The zero-order valence-electron chi connectivity index (χ0n) is 7.67. The van der Waals surface area contributed by atoms with E-state index in [-0.39, 0.29) is 13.5 Å². The van der Waals surface area contributed by atoms with Gasteiger partial charge in [0.05, 0.1) is 0 Å². The van der Waals surface area contributed by atoms with Gasteiger partial charge in [0.2, 0.25) is 0 Å². The van der Waals surface area contributed by atoms with E-state index in [1.807, 2.05) is 0 Å². The van der Waals surface area contributed by atoms with Gasteiger partial charge in [-0.3, -0.25) is 0 Å². The fourth-order valence-electron chi connectivity index (χ4n) is 1.89. The number of hydrogen-bond donors (Lipinski definition) is 0. The highest BCUT2D eigenvalue weighted by Crippen LogP contribution is 2.39. The summed E-state index contributed by atoms with van der Waals surface area (Å²) in [5.41, 5.74) is 3.15. The van der Waals surface area contributed by atoms with E-state index in [0.29, 0.717) is 0 Å². The van der Waals surface area contributed by atoms with Gasteiger partial charge in [-0.1, -0.05) is 38.1 Å². The molecule has 0 heterocycles. The van der Waals surface area contributed by atoms with Gasteiger partial charge >= 0.3 is 0 Å². The fraction of sp³-hybridized carbons (Fsp3) is 0.455. The Morgan fingerprint density at radius 3 is 2.50 bits per heavy atom. The average Bonchev–Trinajstić information content (AvgIpc) is 1.90. The number of rotatable bonds is 1. The molecule has 1 aliphatic carbocycles. The van der Waals surface area contributed by atoms with Crippen LogP contribution in [0.5, 0.6) is 0 Å². The van der Waals surface area contributed by atoms with E-state index in [1.54, 1.807) is 11.1 Å². The van der Waals surface area contributed by atoms with Crippen LogP contribution in [-0.2, 0) is 6.42 Å². The summed E-state index contributed by atoms with van der Waals surface area (Å²) in [5.74, 6) is 1.65. The van der Waals surface area contributed by atoms with Gasteiger partial charge < -0.3 is 0 Å². The molecule has 1 aliphatic rings. The molecule has 2 rings (SSSR count). The molecule has 0 saturated carbocycles. The van der Waals surface area contributed by atoms with Crippen molar-refractivity contribution in [1.29, 1.82) is 0 Å². The van der Waals surface area contributed by atoms with E-state index in [9.17, 15) is 0 Å². The zero-order chi connectivity index (χ0) is 7.84. The van der Waals surface area contributed by atoms with Crippen molar-refractivity contribution in [2.75, 3.05) is 0 Å². The maximum atomic E-state index is 2.31. The third-order valence-electron chi connectivity index (χ3n) is 2.70. The van der Waals surface area contributed by atoms with E-state index in [4.69, 9.17) is 0 Å². The van der Waals surface area contributed by atoms with E-state index in [1.165, 1.54) is 6.42 Å². The third kappa shape index (κ3) is 1.38. The van der Waals surface area contributed by atoms with Crippen LogP contribution in [-0.4, -0.2) is 0 Å². The van der Waals surface area contributed by atoms with E-state index < -0.39 is 0 Å². The van der Waals surface area contributed by atoms with Crippen molar-refractivity contribution >= 4 is 13.5 Å². The van der Waals surface area contributed by atoms with Crippen LogP contribution in [0.1, 0.15) is 30.9 Å². The van der Waals surface area contributed by atoms with Crippen molar-refractivity contribution in [2.45, 2.75) is 26.2 Å². The van der Waals surface area contributed by atoms with Crippen molar-refractivity contribution in [3.63, 3.8) is 0 Å². The molecule has 0 radical (unpaired) electrons. The highest BCUT2D eigenvalue weighted by Gasteiger charge is 2.27. The first-order valence-electron chi connectivity index (χ1n) is 4.37. The lowest BCUT2D eigenvalue weighted by molar-refractivity contribution is 0.451. The highest BCUT2D eigenvalue weighted by atomic mass is 32.1. The van der Waals surface area contributed by atoms with Gasteiger partial charge in [0.25, 0.3) is 0 Å². The molecule has 0 aromatic heterocycles. The minimum atomic E-state index is 0. The summed E-state index contributed by atoms with van der Waals surface area (Å²) in [6.45, 7) is 4.61. The molecule has 0 saturated heterocycles. The summed E-state index contributed by atoms with van der Waals surface area (Å²) in [5, 5.41) is 0. The Morgan fingerprint density at radius 2 is 1.92 bits per heavy atom. The van der Waals surface area contributed by atoms with Gasteiger partial charge in [0.15, 0.2) is 0 Å². The smallest absolute Gasteiger partial charge is 0.00956 e. The van der Waals surface area contributed by atoms with Crippen LogP contribution in [0.3, 0.4) is 0 Å². The topological polar surface area (TPSA) is 0 Å². The first-order chi connectivity index (χ1) is 5.29. The molecule has 0 N–H and O–H groups in total. The fourth-order valence-corrected chi connectivity index (χ4v) is 1.89. The number of hydrogen-bond acceptors (Lipinski definition) is 0. The Bertz CT molecular complexity index is 265. The molecule has 0 amide bonds. The van der Waals surface area contributed by atoms with Crippen LogP contribution in [0.2, 0.25) is 0 Å². The van der Waals surface area contributed by atoms with E-state index in [0.717, 1.165) is 11.8 Å². The zero-order valence-corrected chi connectivity index (χ0v) is 8.67. The second-order valence-corrected chi connectivity index (χ2v) is 3.75. The lowest BCUT2D eigenvalue weighted by Gasteiger charge is -2.33. The second kappa shape index (κ2) is 3.53. The SMILES string of the molecule is CC(C)[C@H]1Cc2ccccc21.S. The Morgan fingerprint density at radius 1 is 1.25 bits per heavy atom. The monoisotopic (exact) mass is 180 g/mol. The van der Waals surface area contributed by atoms with Gasteiger partial charge in [-0.25, -0.2) is 0 Å². The predicted molar refractivity (Wildman–Crippen MR) is 58.1 cm³/mol. The molecular formula is C11H16S. The van der Waals surface area contributed by atoms with Crippen molar-refractivity contribution in [3.8, 4) is 0 Å². The number of fused-ring (bicyclic) bond motifs is 1. The Labute approximate surface area is 81.4 Å². The molecule has 12 heavy (non-hydrogen) atoms. The molecule has 0 aliphatic heterocycles. The molecular weight excluding hydrogens is 164 g/mol. The lowest BCUT2D eigenvalue weighted by Crippen LogP contribution is -2.21. The van der Waals surface area contributed by atoms with Crippen LogP contribution >= 0.6 is 13.5 Å². The minimum Gasteiger partial charge on any atom is -0.197 e. The molecule has 1 heteroatoms. The third-order valence-corrected chi connectivity index (χ3v) is 2.70. The average molecular weight is 180 g/mol. The maximum absolute atomic E-state index is 2.31. The van der Waals surface area contributed by atoms with Gasteiger partial charge in [-0.05, 0) is 29.4 Å². The van der Waals surface area contributed by atoms with Crippen LogP contribution in [0.4, 0.5) is 0 Å². The van der Waals surface area contributed by atoms with Crippen molar-refractivity contribution in [2.24, 2.45) is 5.92 Å². The summed E-state index contributed by atoms with van der Waals surface area (Å²) in [4.78, 5) is 0. The predicted octanol–water partition coefficient (Wildman–Crippen LogP) is 3.10. The van der Waals surface area contributed by atoms with Crippen molar-refractivity contribution in [3.05, 3.63) is 35.4 Å². The summed E-state index contributed by atoms with van der Waals surface area (Å²) in [7, 11) is 0. The summed E-state index contributed by atoms with van der Waals surface area (Å²) in [6.07, 6.45) is 1.30. The molecule has 1 aromatic rings. The molecule has 0 unspecified atom stereocenters.